The predicted molar refractivity (Wildman–Crippen MR) is 231 cm³/mol. The zero-order valence-corrected chi connectivity index (χ0v) is 34.2. The molecule has 3 aromatic rings. The summed E-state index contributed by atoms with van der Waals surface area (Å²) in [5, 5.41) is 17.4. The van der Waals surface area contributed by atoms with Gasteiger partial charge in [-0.3, -0.25) is 29.2 Å². The Kier molecular flexibility index (Phi) is 17.5. The average molecular weight is 865 g/mol. The highest BCUT2D eigenvalue weighted by atomic mass is 19.1. The standard InChI is InChI=1S/C40H54F2N14O6/c41-18-23-13-27(53-33(57)5-1-3-9-49-39(43)44)35(61-25-7-11-47-20-25)29(15-23)55-37(59)31-17-32(52-22-51-31)38(60)56-30-16-24(19-42)14-28(36(30)62-26-8-12-48-21-26)54-34(58)6-2-4-10-50-40(45)46/h13-17,22,25-26,47-48H,1-12,18-21H2,(H,53,57)(H,54,58)(H,55,59)(H,56,60)(H4,43,44,49)(H4,45,46,50)/t25-,26-/m0/s1. The molecule has 2 aromatic carbocycles. The lowest BCUT2D eigenvalue weighted by molar-refractivity contribution is -0.117. The first kappa shape index (κ1) is 46.4. The number of amides is 4. The van der Waals surface area contributed by atoms with Gasteiger partial charge in [0.1, 0.15) is 43.3 Å². The number of guanidine groups is 2. The van der Waals surface area contributed by atoms with Gasteiger partial charge in [-0.2, -0.15) is 0 Å². The number of hydrogen-bond acceptors (Lipinski definition) is 12. The van der Waals surface area contributed by atoms with Crippen molar-refractivity contribution in [2.75, 3.05) is 60.5 Å². The minimum atomic E-state index is -0.925. The molecule has 0 radical (unpaired) electrons. The fourth-order valence-electron chi connectivity index (χ4n) is 6.56. The highest BCUT2D eigenvalue weighted by Gasteiger charge is 2.26. The molecule has 2 saturated heterocycles. The van der Waals surface area contributed by atoms with Gasteiger partial charge in [0, 0.05) is 45.1 Å². The molecule has 22 heteroatoms. The Labute approximate surface area is 356 Å². The lowest BCUT2D eigenvalue weighted by Gasteiger charge is -2.21. The fraction of sp³-hybridized carbons (Fsp3) is 0.450. The van der Waals surface area contributed by atoms with Gasteiger partial charge in [-0.1, -0.05) is 0 Å². The van der Waals surface area contributed by atoms with Crippen molar-refractivity contribution in [3.05, 3.63) is 59.2 Å². The van der Waals surface area contributed by atoms with Gasteiger partial charge in [-0.25, -0.2) is 18.7 Å². The van der Waals surface area contributed by atoms with Gasteiger partial charge in [0.2, 0.25) is 11.8 Å². The van der Waals surface area contributed by atoms with E-state index in [2.05, 4.69) is 51.9 Å². The number of hydrogen-bond donors (Lipinski definition) is 10. The molecule has 0 bridgehead atoms. The Balaban J connectivity index is 1.36. The third-order valence-electron chi connectivity index (χ3n) is 9.59. The van der Waals surface area contributed by atoms with Crippen LogP contribution in [0.25, 0.3) is 0 Å². The molecular formula is C40H54F2N14O6. The Morgan fingerprint density at radius 2 is 1.03 bits per heavy atom. The van der Waals surface area contributed by atoms with E-state index in [4.69, 9.17) is 32.4 Å². The number of carbonyl (C=O) groups is 4. The number of halogens is 2. The number of rotatable bonds is 22. The molecule has 14 N–H and O–H groups in total. The van der Waals surface area contributed by atoms with E-state index in [1.165, 1.54) is 24.3 Å². The maximum Gasteiger partial charge on any atom is 0.274 e. The van der Waals surface area contributed by atoms with Gasteiger partial charge in [-0.15, -0.1) is 0 Å². The van der Waals surface area contributed by atoms with E-state index in [1.54, 1.807) is 0 Å². The van der Waals surface area contributed by atoms with Gasteiger partial charge in [-0.05, 0) is 87.0 Å². The highest BCUT2D eigenvalue weighted by molar-refractivity contribution is 6.09. The van der Waals surface area contributed by atoms with Gasteiger partial charge >= 0.3 is 0 Å². The van der Waals surface area contributed by atoms with E-state index in [9.17, 15) is 28.0 Å². The second-order valence-corrected chi connectivity index (χ2v) is 14.6. The van der Waals surface area contributed by atoms with E-state index in [0.717, 1.165) is 12.4 Å². The minimum Gasteiger partial charge on any atom is -0.485 e. The van der Waals surface area contributed by atoms with Crippen molar-refractivity contribution in [2.24, 2.45) is 32.9 Å². The van der Waals surface area contributed by atoms with Crippen molar-refractivity contribution in [3.63, 3.8) is 0 Å². The number of aromatic nitrogens is 2. The lowest BCUT2D eigenvalue weighted by Crippen LogP contribution is -2.24. The first-order valence-electron chi connectivity index (χ1n) is 20.3. The van der Waals surface area contributed by atoms with Crippen LogP contribution in [-0.2, 0) is 22.9 Å². The summed E-state index contributed by atoms with van der Waals surface area (Å²) in [6.45, 7) is 1.21. The molecule has 2 atom stereocenters. The third-order valence-corrected chi connectivity index (χ3v) is 9.59. The number of ether oxygens (including phenoxy) is 2. The molecule has 5 rings (SSSR count). The number of nitrogens with two attached hydrogens (primary N) is 4. The van der Waals surface area contributed by atoms with Crippen molar-refractivity contribution in [1.82, 2.24) is 20.6 Å². The molecule has 3 heterocycles. The Morgan fingerprint density at radius 3 is 1.39 bits per heavy atom. The van der Waals surface area contributed by atoms with Gasteiger partial charge in [0.15, 0.2) is 23.4 Å². The van der Waals surface area contributed by atoms with Gasteiger partial charge in [0.05, 0.1) is 22.7 Å². The van der Waals surface area contributed by atoms with E-state index < -0.39 is 25.2 Å². The summed E-state index contributed by atoms with van der Waals surface area (Å²) in [5.41, 5.74) is 21.7. The summed E-state index contributed by atoms with van der Waals surface area (Å²) in [7, 11) is 0. The lowest BCUT2D eigenvalue weighted by atomic mass is 10.1. The number of unbranched alkanes of at least 4 members (excludes halogenated alkanes) is 2. The molecule has 0 saturated carbocycles. The van der Waals surface area contributed by atoms with E-state index in [1.807, 2.05) is 0 Å². The summed E-state index contributed by atoms with van der Waals surface area (Å²) in [5.74, 6) is -2.23. The quantitative estimate of drug-likeness (QED) is 0.0393. The van der Waals surface area contributed by atoms with Crippen LogP contribution >= 0.6 is 0 Å². The second-order valence-electron chi connectivity index (χ2n) is 14.6. The van der Waals surface area contributed by atoms with Crippen LogP contribution in [0.5, 0.6) is 11.5 Å². The molecule has 20 nitrogen and oxygen atoms in total. The molecule has 1 aromatic heterocycles. The number of carbonyl (C=O) groups excluding carboxylic acids is 4. The van der Waals surface area contributed by atoms with E-state index in [0.29, 0.717) is 77.8 Å². The molecule has 2 aliphatic heterocycles. The van der Waals surface area contributed by atoms with Crippen LogP contribution in [0.15, 0.2) is 46.6 Å². The fourth-order valence-corrected chi connectivity index (χ4v) is 6.56. The number of anilines is 4. The predicted octanol–water partition coefficient (Wildman–Crippen LogP) is 2.17. The summed E-state index contributed by atoms with van der Waals surface area (Å²) in [4.78, 5) is 69.6. The first-order valence-corrected chi connectivity index (χ1v) is 20.3. The summed E-state index contributed by atoms with van der Waals surface area (Å²) < 4.78 is 41.0. The van der Waals surface area contributed by atoms with Crippen LogP contribution in [0.2, 0.25) is 0 Å². The van der Waals surface area contributed by atoms with Crippen molar-refractivity contribution < 1.29 is 37.4 Å². The monoisotopic (exact) mass is 864 g/mol. The number of nitrogens with zero attached hydrogens (tertiary/aromatic N) is 4. The molecule has 2 aliphatic rings. The van der Waals surface area contributed by atoms with E-state index >= 15 is 0 Å². The molecule has 0 aliphatic carbocycles. The normalized spacial score (nSPS) is 15.6. The zero-order valence-electron chi connectivity index (χ0n) is 34.2. The largest absolute Gasteiger partial charge is 0.485 e. The molecule has 0 spiro atoms. The first-order chi connectivity index (χ1) is 29.9. The molecule has 4 amide bonds. The zero-order chi connectivity index (χ0) is 44.4. The van der Waals surface area contributed by atoms with Gasteiger partial charge in [0.25, 0.3) is 11.8 Å². The molecular weight excluding hydrogens is 811 g/mol. The number of nitrogens with one attached hydrogen (secondary N) is 6. The SMILES string of the molecule is NC(N)=NCCCCC(=O)Nc1cc(CF)cc(NC(=O)c2cc(C(=O)Nc3cc(CF)cc(NC(=O)CCCCN=C(N)N)c3O[C@H]3CCNC3)ncn2)c1O[C@H]1CCNC1. The molecule has 2 fully saturated rings. The average Bonchev–Trinajstić information content (AvgIpc) is 3.97. The topological polar surface area (TPSA) is 313 Å². The number of alkyl halides is 2. The molecule has 334 valence electrons. The molecule has 62 heavy (non-hydrogen) atoms. The van der Waals surface area contributed by atoms with Crippen LogP contribution in [-0.4, -0.2) is 97.0 Å². The van der Waals surface area contributed by atoms with Crippen LogP contribution in [0, 0.1) is 0 Å². The van der Waals surface area contributed by atoms with Crippen LogP contribution in [0.1, 0.15) is 83.5 Å². The van der Waals surface area contributed by atoms with Crippen LogP contribution in [0.3, 0.4) is 0 Å². The minimum absolute atomic E-state index is 0.0450. The summed E-state index contributed by atoms with van der Waals surface area (Å²) in [6, 6.07) is 6.78. The Hall–Kier alpha value is -6.68. The number of aliphatic imine (C=N–C) groups is 2. The van der Waals surface area contributed by atoms with E-state index in [-0.39, 0.29) is 106 Å². The van der Waals surface area contributed by atoms with Crippen LogP contribution < -0.4 is 64.3 Å². The summed E-state index contributed by atoms with van der Waals surface area (Å²) in [6.07, 6.45) is 3.90. The smallest absolute Gasteiger partial charge is 0.274 e. The highest BCUT2D eigenvalue weighted by Crippen LogP contribution is 2.39. The number of benzene rings is 2. The maximum atomic E-state index is 14.2. The maximum absolute atomic E-state index is 14.2. The van der Waals surface area contributed by atoms with Gasteiger partial charge < -0.3 is 64.3 Å². The van der Waals surface area contributed by atoms with Crippen molar-refractivity contribution in [1.29, 1.82) is 0 Å². The Bertz CT molecular complexity index is 1960. The van der Waals surface area contributed by atoms with Crippen molar-refractivity contribution >= 4 is 58.3 Å². The molecule has 0 unspecified atom stereocenters. The third kappa shape index (κ3) is 14.2. The summed E-state index contributed by atoms with van der Waals surface area (Å²) >= 11 is 0. The van der Waals surface area contributed by atoms with Crippen molar-refractivity contribution in [3.8, 4) is 11.5 Å². The van der Waals surface area contributed by atoms with Crippen molar-refractivity contribution in [2.45, 2.75) is 76.9 Å². The Morgan fingerprint density at radius 1 is 0.629 bits per heavy atom. The van der Waals surface area contributed by atoms with Crippen LogP contribution in [0.4, 0.5) is 31.5 Å². The second kappa shape index (κ2) is 23.4.